The van der Waals surface area contributed by atoms with E-state index in [9.17, 15) is 9.59 Å². The topological polar surface area (TPSA) is 49.4 Å². The summed E-state index contributed by atoms with van der Waals surface area (Å²) in [6.07, 6.45) is 7.16. The maximum atomic E-state index is 12.9. The van der Waals surface area contributed by atoms with Crippen molar-refractivity contribution in [3.8, 4) is 0 Å². The van der Waals surface area contributed by atoms with E-state index in [1.54, 1.807) is 0 Å². The molecule has 1 aliphatic carbocycles. The Morgan fingerprint density at radius 3 is 2.86 bits per heavy atom. The van der Waals surface area contributed by atoms with Crippen LogP contribution in [0, 0.1) is 5.92 Å². The van der Waals surface area contributed by atoms with Crippen LogP contribution in [0.5, 0.6) is 0 Å². The van der Waals surface area contributed by atoms with Crippen molar-refractivity contribution >= 4 is 23.2 Å². The lowest BCUT2D eigenvalue weighted by Crippen LogP contribution is -2.51. The number of hydrogen-bond acceptors (Lipinski definition) is 3. The van der Waals surface area contributed by atoms with E-state index >= 15 is 0 Å². The van der Waals surface area contributed by atoms with Crippen molar-refractivity contribution in [1.29, 1.82) is 0 Å². The molecule has 1 aromatic rings. The SMILES string of the molecule is O=C1NCCCCCN(C(=O)c2cccs2)[C@H]2CCCC[C@@H]12. The maximum absolute atomic E-state index is 12.9. The molecule has 22 heavy (non-hydrogen) atoms. The third-order valence-corrected chi connectivity index (χ3v) is 5.69. The average molecular weight is 320 g/mol. The summed E-state index contributed by atoms with van der Waals surface area (Å²) in [4.78, 5) is 28.2. The Hall–Kier alpha value is -1.36. The van der Waals surface area contributed by atoms with E-state index in [1.165, 1.54) is 11.3 Å². The summed E-state index contributed by atoms with van der Waals surface area (Å²) in [5.41, 5.74) is 0. The lowest BCUT2D eigenvalue weighted by Gasteiger charge is -2.39. The molecule has 4 nitrogen and oxygen atoms in total. The highest BCUT2D eigenvalue weighted by atomic mass is 32.1. The lowest BCUT2D eigenvalue weighted by molar-refractivity contribution is -0.128. The molecule has 2 amide bonds. The van der Waals surface area contributed by atoms with Crippen molar-refractivity contribution in [3.63, 3.8) is 0 Å². The highest BCUT2D eigenvalue weighted by molar-refractivity contribution is 7.12. The van der Waals surface area contributed by atoms with E-state index in [2.05, 4.69) is 5.32 Å². The Balaban J connectivity index is 1.85. The number of rotatable bonds is 1. The summed E-state index contributed by atoms with van der Waals surface area (Å²) in [5, 5.41) is 5.02. The highest BCUT2D eigenvalue weighted by Gasteiger charge is 2.37. The first-order chi connectivity index (χ1) is 10.8. The van der Waals surface area contributed by atoms with Gasteiger partial charge in [-0.2, -0.15) is 0 Å². The molecule has 5 heteroatoms. The molecule has 1 aromatic heterocycles. The minimum Gasteiger partial charge on any atom is -0.356 e. The third kappa shape index (κ3) is 3.35. The summed E-state index contributed by atoms with van der Waals surface area (Å²) in [5.74, 6) is 0.228. The van der Waals surface area contributed by atoms with Gasteiger partial charge in [-0.05, 0) is 43.6 Å². The first-order valence-electron chi connectivity index (χ1n) is 8.39. The molecule has 0 spiro atoms. The zero-order valence-corrected chi connectivity index (χ0v) is 13.7. The maximum Gasteiger partial charge on any atom is 0.264 e. The van der Waals surface area contributed by atoms with E-state index in [-0.39, 0.29) is 23.8 Å². The number of fused-ring (bicyclic) bond motifs is 1. The van der Waals surface area contributed by atoms with Crippen LogP contribution >= 0.6 is 11.3 Å². The third-order valence-electron chi connectivity index (χ3n) is 4.83. The molecular weight excluding hydrogens is 296 g/mol. The normalized spacial score (nSPS) is 26.9. The smallest absolute Gasteiger partial charge is 0.264 e. The van der Waals surface area contributed by atoms with Crippen molar-refractivity contribution in [2.24, 2.45) is 5.92 Å². The molecule has 1 aliphatic heterocycles. The predicted octanol–water partition coefficient (Wildman–Crippen LogP) is 3.05. The molecule has 0 bridgehead atoms. The van der Waals surface area contributed by atoms with Gasteiger partial charge in [0.05, 0.1) is 10.8 Å². The van der Waals surface area contributed by atoms with Crippen LogP contribution in [0.2, 0.25) is 0 Å². The Morgan fingerprint density at radius 1 is 1.18 bits per heavy atom. The van der Waals surface area contributed by atoms with Gasteiger partial charge in [0.2, 0.25) is 5.91 Å². The van der Waals surface area contributed by atoms with Gasteiger partial charge in [0.25, 0.3) is 5.91 Å². The molecule has 1 saturated heterocycles. The highest BCUT2D eigenvalue weighted by Crippen LogP contribution is 2.31. The van der Waals surface area contributed by atoms with Gasteiger partial charge in [0.15, 0.2) is 0 Å². The zero-order chi connectivity index (χ0) is 15.4. The minimum absolute atomic E-state index is 0.0317. The van der Waals surface area contributed by atoms with Gasteiger partial charge in [-0.3, -0.25) is 9.59 Å². The van der Waals surface area contributed by atoms with Crippen LogP contribution in [0.25, 0.3) is 0 Å². The molecule has 2 fully saturated rings. The number of amides is 2. The van der Waals surface area contributed by atoms with Crippen LogP contribution in [-0.2, 0) is 4.79 Å². The first-order valence-corrected chi connectivity index (χ1v) is 9.27. The largest absolute Gasteiger partial charge is 0.356 e. The number of nitrogens with zero attached hydrogens (tertiary/aromatic N) is 1. The molecule has 0 unspecified atom stereocenters. The number of carbonyl (C=O) groups is 2. The Kier molecular flexibility index (Phi) is 5.13. The van der Waals surface area contributed by atoms with Gasteiger partial charge in [0.1, 0.15) is 0 Å². The summed E-state index contributed by atoms with van der Waals surface area (Å²) in [7, 11) is 0. The average Bonchev–Trinajstić information content (AvgIpc) is 3.08. The van der Waals surface area contributed by atoms with Crippen LogP contribution in [0.4, 0.5) is 0 Å². The second kappa shape index (κ2) is 7.27. The molecule has 2 aliphatic rings. The molecule has 1 N–H and O–H groups in total. The van der Waals surface area contributed by atoms with Crippen molar-refractivity contribution in [1.82, 2.24) is 10.2 Å². The molecule has 2 heterocycles. The Labute approximate surface area is 135 Å². The van der Waals surface area contributed by atoms with E-state index in [0.29, 0.717) is 0 Å². The van der Waals surface area contributed by atoms with Crippen molar-refractivity contribution in [2.45, 2.75) is 51.0 Å². The van der Waals surface area contributed by atoms with Gasteiger partial charge >= 0.3 is 0 Å². The minimum atomic E-state index is -0.0317. The van der Waals surface area contributed by atoms with Gasteiger partial charge in [-0.25, -0.2) is 0 Å². The van der Waals surface area contributed by atoms with Crippen LogP contribution in [0.3, 0.4) is 0 Å². The fourth-order valence-corrected chi connectivity index (χ4v) is 4.36. The van der Waals surface area contributed by atoms with Crippen LogP contribution in [-0.4, -0.2) is 35.8 Å². The number of thiophene rings is 1. The number of carbonyl (C=O) groups excluding carboxylic acids is 2. The predicted molar refractivity (Wildman–Crippen MR) is 88.0 cm³/mol. The quantitative estimate of drug-likeness (QED) is 0.864. The molecule has 1 saturated carbocycles. The van der Waals surface area contributed by atoms with Gasteiger partial charge in [-0.15, -0.1) is 11.3 Å². The Bertz CT molecular complexity index is 515. The van der Waals surface area contributed by atoms with Crippen molar-refractivity contribution < 1.29 is 9.59 Å². The summed E-state index contributed by atoms with van der Waals surface area (Å²) in [6, 6.07) is 3.88. The summed E-state index contributed by atoms with van der Waals surface area (Å²) in [6.45, 7) is 1.56. The zero-order valence-electron chi connectivity index (χ0n) is 12.9. The lowest BCUT2D eigenvalue weighted by atomic mass is 9.82. The molecular formula is C17H24N2O2S. The standard InChI is InChI=1S/C17H24N2O2S/c20-16-13-7-2-3-8-14(13)19(11-5-1-4-10-18-16)17(21)15-9-6-12-22-15/h6,9,12-14H,1-5,7-8,10-11H2,(H,18,20)/t13-,14+/m1/s1. The van der Waals surface area contributed by atoms with Gasteiger partial charge in [0, 0.05) is 19.1 Å². The van der Waals surface area contributed by atoms with E-state index in [4.69, 9.17) is 0 Å². The van der Waals surface area contributed by atoms with Gasteiger partial charge < -0.3 is 10.2 Å². The molecule has 2 atom stereocenters. The van der Waals surface area contributed by atoms with Crippen molar-refractivity contribution in [2.75, 3.05) is 13.1 Å². The molecule has 3 rings (SSSR count). The molecule has 0 radical (unpaired) electrons. The summed E-state index contributed by atoms with van der Waals surface area (Å²) < 4.78 is 0. The molecule has 0 aromatic carbocycles. The first kappa shape index (κ1) is 15.5. The molecule has 120 valence electrons. The van der Waals surface area contributed by atoms with Crippen LogP contribution < -0.4 is 5.32 Å². The van der Waals surface area contributed by atoms with Gasteiger partial charge in [-0.1, -0.05) is 18.9 Å². The van der Waals surface area contributed by atoms with E-state index in [0.717, 1.165) is 62.9 Å². The van der Waals surface area contributed by atoms with Crippen LogP contribution in [0.1, 0.15) is 54.6 Å². The second-order valence-corrected chi connectivity index (χ2v) is 7.23. The fraction of sp³-hybridized carbons (Fsp3) is 0.647. The van der Waals surface area contributed by atoms with Crippen LogP contribution in [0.15, 0.2) is 17.5 Å². The van der Waals surface area contributed by atoms with E-state index in [1.807, 2.05) is 22.4 Å². The Morgan fingerprint density at radius 2 is 2.05 bits per heavy atom. The monoisotopic (exact) mass is 320 g/mol. The van der Waals surface area contributed by atoms with Crippen molar-refractivity contribution in [3.05, 3.63) is 22.4 Å². The fourth-order valence-electron chi connectivity index (χ4n) is 3.68. The number of nitrogens with one attached hydrogen (secondary N) is 1. The number of hydrogen-bond donors (Lipinski definition) is 1. The second-order valence-electron chi connectivity index (χ2n) is 6.29. The summed E-state index contributed by atoms with van der Waals surface area (Å²) >= 11 is 1.49. The van der Waals surface area contributed by atoms with E-state index < -0.39 is 0 Å².